The van der Waals surface area contributed by atoms with Crippen LogP contribution in [0.1, 0.15) is 49.0 Å². The van der Waals surface area contributed by atoms with Gasteiger partial charge in [0.05, 0.1) is 0 Å². The smallest absolute Gasteiger partial charge is 0.251 e. The van der Waals surface area contributed by atoms with Crippen molar-refractivity contribution in [2.75, 3.05) is 18.0 Å². The first-order chi connectivity index (χ1) is 14.4. The molecule has 0 bridgehead atoms. The summed E-state index contributed by atoms with van der Waals surface area (Å²) in [6.07, 6.45) is 5.44. The number of rotatable bonds is 7. The van der Waals surface area contributed by atoms with E-state index in [4.69, 9.17) is 0 Å². The molecule has 1 aliphatic rings. The van der Waals surface area contributed by atoms with Crippen molar-refractivity contribution in [1.29, 1.82) is 0 Å². The van der Waals surface area contributed by atoms with E-state index in [2.05, 4.69) is 20.5 Å². The molecule has 1 atom stereocenters. The summed E-state index contributed by atoms with van der Waals surface area (Å²) in [6.45, 7) is 6.13. The van der Waals surface area contributed by atoms with E-state index in [9.17, 15) is 14.0 Å². The molecule has 1 aromatic heterocycles. The summed E-state index contributed by atoms with van der Waals surface area (Å²) in [5.74, 6) is -0.216. The molecule has 2 N–H and O–H groups in total. The number of nitrogens with one attached hydrogen (secondary N) is 2. The quantitative estimate of drug-likeness (QED) is 0.732. The predicted octanol–water partition coefficient (Wildman–Crippen LogP) is 3.28. The van der Waals surface area contributed by atoms with Crippen molar-refractivity contribution in [3.05, 3.63) is 59.5 Å². The van der Waals surface area contributed by atoms with Crippen molar-refractivity contribution in [2.45, 2.75) is 45.7 Å². The monoisotopic (exact) mass is 412 g/mol. The van der Waals surface area contributed by atoms with E-state index in [-0.39, 0.29) is 11.8 Å². The molecule has 2 aromatic rings. The number of halogens is 1. The van der Waals surface area contributed by atoms with Crippen molar-refractivity contribution in [2.24, 2.45) is 5.92 Å². The Hall–Kier alpha value is -2.96. The maximum absolute atomic E-state index is 13.1. The second-order valence-electron chi connectivity index (χ2n) is 7.99. The van der Waals surface area contributed by atoms with Gasteiger partial charge in [-0.1, -0.05) is 19.9 Å². The van der Waals surface area contributed by atoms with E-state index < -0.39 is 17.8 Å². The number of benzene rings is 1. The molecule has 3 rings (SSSR count). The number of nitrogens with zero attached hydrogens (tertiary/aromatic N) is 2. The number of anilines is 1. The number of piperidine rings is 1. The third-order valence-corrected chi connectivity index (χ3v) is 5.30. The number of hydrogen-bond acceptors (Lipinski definition) is 4. The first kappa shape index (κ1) is 21.7. The van der Waals surface area contributed by atoms with Crippen LogP contribution < -0.4 is 15.5 Å². The Morgan fingerprint density at radius 2 is 1.77 bits per heavy atom. The molecule has 0 saturated carbocycles. The highest BCUT2D eigenvalue weighted by atomic mass is 19.1. The minimum atomic E-state index is -0.692. The number of hydrogen-bond donors (Lipinski definition) is 2. The highest BCUT2D eigenvalue weighted by Crippen LogP contribution is 2.17. The standard InChI is InChI=1S/C23H29FN4O2/c1-16(2)21(27-22(29)18-7-9-19(24)10-8-18)23(30)26-15-17-6-11-20(25-14-17)28-12-4-3-5-13-28/h6-11,14,16,21H,3-5,12-13,15H2,1-2H3,(H,26,30)(H,27,29). The van der Waals surface area contributed by atoms with Crippen LogP contribution in [0.15, 0.2) is 42.6 Å². The van der Waals surface area contributed by atoms with E-state index in [0.29, 0.717) is 12.1 Å². The summed E-state index contributed by atoms with van der Waals surface area (Å²) < 4.78 is 13.1. The first-order valence-corrected chi connectivity index (χ1v) is 10.5. The van der Waals surface area contributed by atoms with Gasteiger partial charge >= 0.3 is 0 Å². The van der Waals surface area contributed by atoms with E-state index in [1.807, 2.05) is 26.0 Å². The molecule has 2 amide bonds. The highest BCUT2D eigenvalue weighted by Gasteiger charge is 2.24. The maximum Gasteiger partial charge on any atom is 0.251 e. The molecule has 1 unspecified atom stereocenters. The Kier molecular flexibility index (Phi) is 7.38. The van der Waals surface area contributed by atoms with Gasteiger partial charge in [-0.2, -0.15) is 0 Å². The molecule has 0 radical (unpaired) electrons. The van der Waals surface area contributed by atoms with Gasteiger partial charge in [-0.15, -0.1) is 0 Å². The van der Waals surface area contributed by atoms with Gasteiger partial charge in [0.15, 0.2) is 0 Å². The molecule has 0 spiro atoms. The van der Waals surface area contributed by atoms with Crippen LogP contribution in [-0.2, 0) is 11.3 Å². The average Bonchev–Trinajstić information content (AvgIpc) is 2.77. The first-order valence-electron chi connectivity index (χ1n) is 10.5. The number of pyridine rings is 1. The van der Waals surface area contributed by atoms with Gasteiger partial charge in [0.25, 0.3) is 5.91 Å². The third-order valence-electron chi connectivity index (χ3n) is 5.30. The fourth-order valence-electron chi connectivity index (χ4n) is 3.49. The molecule has 1 fully saturated rings. The van der Waals surface area contributed by atoms with Crippen LogP contribution in [-0.4, -0.2) is 35.9 Å². The molecule has 160 valence electrons. The van der Waals surface area contributed by atoms with E-state index in [0.717, 1.165) is 24.5 Å². The minimum absolute atomic E-state index is 0.103. The fraction of sp³-hybridized carbons (Fsp3) is 0.435. The summed E-state index contributed by atoms with van der Waals surface area (Å²) in [4.78, 5) is 31.9. The minimum Gasteiger partial charge on any atom is -0.357 e. The normalized spacial score (nSPS) is 15.0. The lowest BCUT2D eigenvalue weighted by Gasteiger charge is -2.27. The van der Waals surface area contributed by atoms with Crippen molar-refractivity contribution < 1.29 is 14.0 Å². The SMILES string of the molecule is CC(C)C(NC(=O)c1ccc(F)cc1)C(=O)NCc1ccc(N2CCCCC2)nc1. The van der Waals surface area contributed by atoms with Gasteiger partial charge in [-0.25, -0.2) is 9.37 Å². The highest BCUT2D eigenvalue weighted by molar-refractivity contribution is 5.97. The Morgan fingerprint density at radius 3 is 2.37 bits per heavy atom. The number of amides is 2. The molecular formula is C23H29FN4O2. The molecule has 7 heteroatoms. The second-order valence-corrected chi connectivity index (χ2v) is 7.99. The summed E-state index contributed by atoms with van der Waals surface area (Å²) in [5.41, 5.74) is 1.21. The van der Waals surface area contributed by atoms with Gasteiger partial charge in [-0.3, -0.25) is 9.59 Å². The third kappa shape index (κ3) is 5.78. The van der Waals surface area contributed by atoms with E-state index in [1.54, 1.807) is 6.20 Å². The number of carbonyl (C=O) groups is 2. The van der Waals surface area contributed by atoms with Gasteiger partial charge < -0.3 is 15.5 Å². The molecule has 0 aliphatic carbocycles. The Balaban J connectivity index is 1.55. The molecular weight excluding hydrogens is 383 g/mol. The van der Waals surface area contributed by atoms with Crippen LogP contribution in [0.3, 0.4) is 0 Å². The fourth-order valence-corrected chi connectivity index (χ4v) is 3.49. The predicted molar refractivity (Wildman–Crippen MR) is 115 cm³/mol. The Morgan fingerprint density at radius 1 is 1.07 bits per heavy atom. The van der Waals surface area contributed by atoms with Crippen LogP contribution in [0.2, 0.25) is 0 Å². The zero-order valence-corrected chi connectivity index (χ0v) is 17.5. The van der Waals surface area contributed by atoms with Crippen molar-refractivity contribution in [3.63, 3.8) is 0 Å². The lowest BCUT2D eigenvalue weighted by molar-refractivity contribution is -0.124. The number of aromatic nitrogens is 1. The van der Waals surface area contributed by atoms with Crippen molar-refractivity contribution >= 4 is 17.6 Å². The van der Waals surface area contributed by atoms with Crippen LogP contribution in [0.4, 0.5) is 10.2 Å². The molecule has 1 saturated heterocycles. The number of carbonyl (C=O) groups excluding carboxylic acids is 2. The molecule has 30 heavy (non-hydrogen) atoms. The lowest BCUT2D eigenvalue weighted by Crippen LogP contribution is -2.49. The molecule has 1 aromatic carbocycles. The Bertz CT molecular complexity index is 847. The Labute approximate surface area is 176 Å². The van der Waals surface area contributed by atoms with Gasteiger partial charge in [0, 0.05) is 31.4 Å². The molecule has 2 heterocycles. The summed E-state index contributed by atoms with van der Waals surface area (Å²) in [6, 6.07) is 8.51. The zero-order chi connectivity index (χ0) is 21.5. The zero-order valence-electron chi connectivity index (χ0n) is 17.5. The molecule has 1 aliphatic heterocycles. The van der Waals surface area contributed by atoms with E-state index >= 15 is 0 Å². The molecule has 6 nitrogen and oxygen atoms in total. The van der Waals surface area contributed by atoms with Gasteiger partial charge in [-0.05, 0) is 61.1 Å². The van der Waals surface area contributed by atoms with Crippen LogP contribution >= 0.6 is 0 Å². The summed E-state index contributed by atoms with van der Waals surface area (Å²) in [5, 5.41) is 5.62. The topological polar surface area (TPSA) is 74.3 Å². The van der Waals surface area contributed by atoms with Crippen molar-refractivity contribution in [1.82, 2.24) is 15.6 Å². The van der Waals surface area contributed by atoms with Gasteiger partial charge in [0.1, 0.15) is 17.7 Å². The second kappa shape index (κ2) is 10.2. The average molecular weight is 413 g/mol. The lowest BCUT2D eigenvalue weighted by atomic mass is 10.0. The van der Waals surface area contributed by atoms with Crippen LogP contribution in [0, 0.1) is 11.7 Å². The van der Waals surface area contributed by atoms with Crippen LogP contribution in [0.5, 0.6) is 0 Å². The van der Waals surface area contributed by atoms with Crippen LogP contribution in [0.25, 0.3) is 0 Å². The maximum atomic E-state index is 13.1. The summed E-state index contributed by atoms with van der Waals surface area (Å²) in [7, 11) is 0. The van der Waals surface area contributed by atoms with E-state index in [1.165, 1.54) is 43.5 Å². The van der Waals surface area contributed by atoms with Gasteiger partial charge in [0.2, 0.25) is 5.91 Å². The largest absolute Gasteiger partial charge is 0.357 e. The van der Waals surface area contributed by atoms with Crippen molar-refractivity contribution in [3.8, 4) is 0 Å². The summed E-state index contributed by atoms with van der Waals surface area (Å²) >= 11 is 0.